The van der Waals surface area contributed by atoms with Crippen molar-refractivity contribution in [3.63, 3.8) is 0 Å². The predicted octanol–water partition coefficient (Wildman–Crippen LogP) is 4.64. The second-order valence-electron chi connectivity index (χ2n) is 5.48. The first-order valence-electron chi connectivity index (χ1n) is 7.66. The van der Waals surface area contributed by atoms with Crippen LogP contribution in [0.25, 0.3) is 0 Å². The molecule has 0 spiro atoms. The van der Waals surface area contributed by atoms with Crippen LogP contribution in [0.15, 0.2) is 43.0 Å². The number of methoxy groups -OCH3 is 1. The summed E-state index contributed by atoms with van der Waals surface area (Å²) < 4.78 is 49.3. The van der Waals surface area contributed by atoms with Gasteiger partial charge in [-0.05, 0) is 36.2 Å². The molecule has 6 nitrogen and oxygen atoms in total. The summed E-state index contributed by atoms with van der Waals surface area (Å²) in [4.78, 5) is 10.3. The lowest BCUT2D eigenvalue weighted by molar-refractivity contribution is -0.385. The first-order valence-corrected chi connectivity index (χ1v) is 7.66. The molecule has 0 atom stereocenters. The van der Waals surface area contributed by atoms with Gasteiger partial charge in [0.05, 0.1) is 24.2 Å². The first-order chi connectivity index (χ1) is 12.7. The Labute approximate surface area is 152 Å². The molecule has 0 aliphatic rings. The first kappa shape index (κ1) is 20.2. The summed E-state index contributed by atoms with van der Waals surface area (Å²) in [6, 6.07) is 5.06. The van der Waals surface area contributed by atoms with E-state index in [0.29, 0.717) is 23.3 Å². The van der Waals surface area contributed by atoms with Crippen LogP contribution in [-0.2, 0) is 19.2 Å². The van der Waals surface area contributed by atoms with E-state index in [1.165, 1.54) is 13.2 Å². The van der Waals surface area contributed by atoms with Crippen LogP contribution in [0.2, 0.25) is 0 Å². The van der Waals surface area contributed by atoms with Gasteiger partial charge in [-0.15, -0.1) is 6.58 Å². The van der Waals surface area contributed by atoms with E-state index in [9.17, 15) is 28.4 Å². The Kier molecular flexibility index (Phi) is 6.06. The summed E-state index contributed by atoms with van der Waals surface area (Å²) in [6.07, 6.45) is -2.89. The zero-order chi connectivity index (χ0) is 20.2. The van der Waals surface area contributed by atoms with E-state index in [-0.39, 0.29) is 30.3 Å². The summed E-state index contributed by atoms with van der Waals surface area (Å²) in [5.74, 6) is -0.0987. The molecule has 9 heteroatoms. The molecule has 0 aliphatic carbocycles. The lowest BCUT2D eigenvalue weighted by Gasteiger charge is -2.16. The summed E-state index contributed by atoms with van der Waals surface area (Å²) in [6.45, 7) is 3.33. The summed E-state index contributed by atoms with van der Waals surface area (Å²) in [7, 11) is 1.34. The fraction of sp³-hybridized carbons (Fsp3) is 0.222. The molecule has 0 amide bonds. The Morgan fingerprint density at radius 3 is 2.48 bits per heavy atom. The van der Waals surface area contributed by atoms with Crippen LogP contribution in [0.4, 0.5) is 18.9 Å². The predicted molar refractivity (Wildman–Crippen MR) is 91.0 cm³/mol. The molecule has 0 aliphatic heterocycles. The molecule has 2 aromatic rings. The topological polar surface area (TPSA) is 81.8 Å². The normalized spacial score (nSPS) is 11.1. The number of aliphatic hydroxyl groups excluding tert-OH is 1. The maximum Gasteiger partial charge on any atom is 0.416 e. The highest BCUT2D eigenvalue weighted by Gasteiger charge is 2.33. The lowest BCUT2D eigenvalue weighted by Crippen LogP contribution is -2.06. The number of nitro groups is 1. The van der Waals surface area contributed by atoms with Crippen LogP contribution in [-0.4, -0.2) is 17.1 Å². The zero-order valence-corrected chi connectivity index (χ0v) is 14.2. The number of benzene rings is 2. The third-order valence-corrected chi connectivity index (χ3v) is 3.65. The molecular weight excluding hydrogens is 367 g/mol. The maximum absolute atomic E-state index is 12.8. The van der Waals surface area contributed by atoms with Gasteiger partial charge in [0.2, 0.25) is 5.75 Å². The number of hydrogen-bond donors (Lipinski definition) is 1. The van der Waals surface area contributed by atoms with Gasteiger partial charge in [0, 0.05) is 11.6 Å². The fourth-order valence-corrected chi connectivity index (χ4v) is 2.42. The number of alkyl halides is 3. The van der Waals surface area contributed by atoms with E-state index in [1.807, 2.05) is 0 Å². The molecular formula is C18H16F3NO5. The van der Waals surface area contributed by atoms with Crippen molar-refractivity contribution >= 4 is 5.69 Å². The summed E-state index contributed by atoms with van der Waals surface area (Å²) >= 11 is 0. The van der Waals surface area contributed by atoms with Crippen molar-refractivity contribution in [3.8, 4) is 17.2 Å². The summed E-state index contributed by atoms with van der Waals surface area (Å²) in [5, 5.41) is 20.6. The van der Waals surface area contributed by atoms with E-state index >= 15 is 0 Å². The molecule has 0 radical (unpaired) electrons. The van der Waals surface area contributed by atoms with Gasteiger partial charge in [-0.1, -0.05) is 6.08 Å². The van der Waals surface area contributed by atoms with E-state index in [1.54, 1.807) is 12.1 Å². The molecule has 0 unspecified atom stereocenters. The Morgan fingerprint density at radius 1 is 1.26 bits per heavy atom. The number of aliphatic hydroxyl groups is 1. The van der Waals surface area contributed by atoms with Gasteiger partial charge >= 0.3 is 11.9 Å². The van der Waals surface area contributed by atoms with Crippen molar-refractivity contribution in [2.45, 2.75) is 19.2 Å². The highest BCUT2D eigenvalue weighted by Crippen LogP contribution is 2.42. The lowest BCUT2D eigenvalue weighted by atomic mass is 10.1. The molecule has 2 rings (SSSR count). The van der Waals surface area contributed by atoms with Gasteiger partial charge in [0.15, 0.2) is 11.5 Å². The minimum Gasteiger partial charge on any atom is -0.493 e. The number of nitro benzene ring substituents is 1. The highest BCUT2D eigenvalue weighted by molar-refractivity contribution is 5.56. The molecule has 2 aromatic carbocycles. The average Bonchev–Trinajstić information content (AvgIpc) is 2.62. The average molecular weight is 383 g/mol. The smallest absolute Gasteiger partial charge is 0.416 e. The molecule has 0 saturated heterocycles. The Balaban J connectivity index is 2.59. The fourth-order valence-electron chi connectivity index (χ4n) is 2.42. The number of halogens is 3. The summed E-state index contributed by atoms with van der Waals surface area (Å²) in [5.41, 5.74) is -0.973. The van der Waals surface area contributed by atoms with Gasteiger partial charge in [0.1, 0.15) is 0 Å². The Hall–Kier alpha value is -3.07. The molecule has 0 bridgehead atoms. The molecule has 144 valence electrons. The number of allylic oxidation sites excluding steroid dienone is 1. The second-order valence-corrected chi connectivity index (χ2v) is 5.48. The van der Waals surface area contributed by atoms with Crippen LogP contribution < -0.4 is 9.47 Å². The van der Waals surface area contributed by atoms with Gasteiger partial charge < -0.3 is 14.6 Å². The van der Waals surface area contributed by atoms with Crippen LogP contribution in [0.3, 0.4) is 0 Å². The Bertz CT molecular complexity index is 865. The van der Waals surface area contributed by atoms with E-state index in [2.05, 4.69) is 6.58 Å². The van der Waals surface area contributed by atoms with Crippen LogP contribution >= 0.6 is 0 Å². The van der Waals surface area contributed by atoms with E-state index < -0.39 is 22.4 Å². The maximum atomic E-state index is 12.8. The van der Waals surface area contributed by atoms with Crippen molar-refractivity contribution in [2.75, 3.05) is 7.11 Å². The molecule has 1 N–H and O–H groups in total. The van der Waals surface area contributed by atoms with Crippen molar-refractivity contribution in [1.82, 2.24) is 0 Å². The number of rotatable bonds is 7. The number of ether oxygens (including phenoxy) is 2. The zero-order valence-electron chi connectivity index (χ0n) is 14.2. The molecule has 0 aromatic heterocycles. The third-order valence-electron chi connectivity index (χ3n) is 3.65. The van der Waals surface area contributed by atoms with Crippen LogP contribution in [0.1, 0.15) is 16.7 Å². The van der Waals surface area contributed by atoms with E-state index in [4.69, 9.17) is 9.47 Å². The second kappa shape index (κ2) is 8.09. The highest BCUT2D eigenvalue weighted by atomic mass is 19.4. The van der Waals surface area contributed by atoms with Crippen molar-refractivity contribution in [2.24, 2.45) is 0 Å². The quantitative estimate of drug-likeness (QED) is 0.428. The minimum atomic E-state index is -4.72. The molecule has 0 fully saturated rings. The Morgan fingerprint density at radius 2 is 1.96 bits per heavy atom. The SMILES string of the molecule is C=CCc1cc(CO)cc(OC)c1Oc1ccc(C(F)(F)F)cc1[N+](=O)[O-]. The standard InChI is InChI=1S/C18H16F3NO5/c1-3-4-12-7-11(10-23)8-16(26-2)17(12)27-15-6-5-13(18(19,20)21)9-14(15)22(24)25/h3,5-9,23H,1,4,10H2,2H3. The number of hydrogen-bond acceptors (Lipinski definition) is 5. The molecule has 27 heavy (non-hydrogen) atoms. The van der Waals surface area contributed by atoms with Crippen molar-refractivity contribution in [3.05, 3.63) is 69.8 Å². The monoisotopic (exact) mass is 383 g/mol. The van der Waals surface area contributed by atoms with Crippen molar-refractivity contribution < 1.29 is 32.7 Å². The van der Waals surface area contributed by atoms with Gasteiger partial charge in [-0.3, -0.25) is 10.1 Å². The van der Waals surface area contributed by atoms with Crippen LogP contribution in [0, 0.1) is 10.1 Å². The largest absolute Gasteiger partial charge is 0.493 e. The third kappa shape index (κ3) is 4.56. The molecule has 0 heterocycles. The van der Waals surface area contributed by atoms with Gasteiger partial charge in [-0.25, -0.2) is 0 Å². The minimum absolute atomic E-state index is 0.0949. The van der Waals surface area contributed by atoms with E-state index in [0.717, 1.165) is 6.07 Å². The van der Waals surface area contributed by atoms with Crippen molar-refractivity contribution in [1.29, 1.82) is 0 Å². The van der Waals surface area contributed by atoms with Gasteiger partial charge in [0.25, 0.3) is 0 Å². The van der Waals surface area contributed by atoms with Crippen LogP contribution in [0.5, 0.6) is 17.2 Å². The van der Waals surface area contributed by atoms with Gasteiger partial charge in [-0.2, -0.15) is 13.2 Å². The molecule has 0 saturated carbocycles. The number of nitrogens with zero attached hydrogens (tertiary/aromatic N) is 1.